The van der Waals surface area contributed by atoms with E-state index in [1.807, 2.05) is 0 Å². The Labute approximate surface area is 172 Å². The van der Waals surface area contributed by atoms with E-state index in [4.69, 9.17) is 4.74 Å². The molecule has 1 aromatic rings. The molecule has 1 aromatic carbocycles. The summed E-state index contributed by atoms with van der Waals surface area (Å²) in [4.78, 5) is 24.1. The van der Waals surface area contributed by atoms with Crippen LogP contribution < -0.4 is 5.32 Å². The van der Waals surface area contributed by atoms with Gasteiger partial charge >= 0.3 is 5.97 Å². The number of amides is 1. The zero-order chi connectivity index (χ0) is 20.7. The number of piperidine rings is 1. The molecule has 0 unspecified atom stereocenters. The van der Waals surface area contributed by atoms with Gasteiger partial charge in [0.15, 0.2) is 6.61 Å². The maximum atomic E-state index is 12.8. The summed E-state index contributed by atoms with van der Waals surface area (Å²) >= 11 is 0. The molecule has 7 nitrogen and oxygen atoms in total. The van der Waals surface area contributed by atoms with Crippen molar-refractivity contribution in [1.29, 1.82) is 0 Å². The normalized spacial score (nSPS) is 18.5. The number of sulfonamides is 1. The Hall–Kier alpha value is -1.93. The predicted molar refractivity (Wildman–Crippen MR) is 110 cm³/mol. The fourth-order valence-electron chi connectivity index (χ4n) is 4.02. The Morgan fingerprint density at radius 2 is 1.79 bits per heavy atom. The Balaban J connectivity index is 1.48. The van der Waals surface area contributed by atoms with Gasteiger partial charge in [-0.25, -0.2) is 8.42 Å². The summed E-state index contributed by atoms with van der Waals surface area (Å²) in [6.45, 7) is 0.679. The SMILES string of the molecule is O=C(COC(=O)CCC1CCCC1)Nc1cccc(S(=O)(=O)N2CCCCC2)c1. The lowest BCUT2D eigenvalue weighted by atomic mass is 10.0. The number of nitrogens with one attached hydrogen (secondary N) is 1. The number of carbonyl (C=O) groups excluding carboxylic acids is 2. The van der Waals surface area contributed by atoms with Gasteiger partial charge in [0, 0.05) is 25.2 Å². The van der Waals surface area contributed by atoms with Crippen molar-refractivity contribution in [1.82, 2.24) is 4.31 Å². The molecule has 1 heterocycles. The molecule has 0 aromatic heterocycles. The van der Waals surface area contributed by atoms with E-state index in [1.165, 1.54) is 42.1 Å². The minimum absolute atomic E-state index is 0.158. The second-order valence-corrected chi connectivity index (χ2v) is 9.83. The molecule has 8 heteroatoms. The quantitative estimate of drug-likeness (QED) is 0.649. The van der Waals surface area contributed by atoms with E-state index in [0.717, 1.165) is 25.7 Å². The number of ether oxygens (including phenoxy) is 1. The van der Waals surface area contributed by atoms with Crippen LogP contribution in [0.25, 0.3) is 0 Å². The Bertz CT molecular complexity index is 812. The minimum atomic E-state index is -3.56. The lowest BCUT2D eigenvalue weighted by molar-refractivity contribution is -0.147. The molecule has 1 saturated heterocycles. The fraction of sp³-hybridized carbons (Fsp3) is 0.619. The maximum absolute atomic E-state index is 12.8. The van der Waals surface area contributed by atoms with Crippen molar-refractivity contribution in [2.24, 2.45) is 5.92 Å². The molecule has 0 spiro atoms. The first-order valence-corrected chi connectivity index (χ1v) is 11.9. The lowest BCUT2D eigenvalue weighted by Crippen LogP contribution is -2.35. The number of benzene rings is 1. The standard InChI is InChI=1S/C21H30N2O5S/c24-20(16-28-21(25)12-11-17-7-2-3-8-17)22-18-9-6-10-19(15-18)29(26,27)23-13-4-1-5-14-23/h6,9-10,15,17H,1-5,7-8,11-14,16H2,(H,22,24). The molecular formula is C21H30N2O5S. The van der Waals surface area contributed by atoms with E-state index in [1.54, 1.807) is 12.1 Å². The molecule has 160 valence electrons. The van der Waals surface area contributed by atoms with E-state index in [9.17, 15) is 18.0 Å². The Kier molecular flexibility index (Phi) is 7.66. The molecule has 1 aliphatic heterocycles. The van der Waals surface area contributed by atoms with E-state index in [2.05, 4.69) is 5.32 Å². The van der Waals surface area contributed by atoms with Gasteiger partial charge in [-0.15, -0.1) is 0 Å². The number of anilines is 1. The predicted octanol–water partition coefficient (Wildman–Crippen LogP) is 3.31. The van der Waals surface area contributed by atoms with Crippen LogP contribution in [0, 0.1) is 5.92 Å². The lowest BCUT2D eigenvalue weighted by Gasteiger charge is -2.26. The van der Waals surface area contributed by atoms with Gasteiger partial charge in [-0.3, -0.25) is 9.59 Å². The molecule has 1 saturated carbocycles. The third-order valence-corrected chi connectivity index (χ3v) is 7.56. The van der Waals surface area contributed by atoms with Crippen molar-refractivity contribution >= 4 is 27.6 Å². The third-order valence-electron chi connectivity index (χ3n) is 5.67. The van der Waals surface area contributed by atoms with Gasteiger partial charge in [0.2, 0.25) is 10.0 Å². The molecule has 2 aliphatic rings. The number of nitrogens with zero attached hydrogens (tertiary/aromatic N) is 1. The summed E-state index contributed by atoms with van der Waals surface area (Å²) in [5.41, 5.74) is 0.370. The van der Waals surface area contributed by atoms with Gasteiger partial charge in [-0.2, -0.15) is 4.31 Å². The van der Waals surface area contributed by atoms with Crippen molar-refractivity contribution in [2.45, 2.75) is 62.7 Å². The number of carbonyl (C=O) groups is 2. The van der Waals surface area contributed by atoms with Gasteiger partial charge < -0.3 is 10.1 Å². The van der Waals surface area contributed by atoms with Crippen LogP contribution >= 0.6 is 0 Å². The van der Waals surface area contributed by atoms with Gasteiger partial charge in [-0.05, 0) is 43.4 Å². The average molecular weight is 423 g/mol. The Morgan fingerprint density at radius 3 is 2.52 bits per heavy atom. The number of esters is 1. The van der Waals surface area contributed by atoms with Gasteiger partial charge in [0.05, 0.1) is 4.90 Å². The summed E-state index contributed by atoms with van der Waals surface area (Å²) in [5, 5.41) is 2.61. The van der Waals surface area contributed by atoms with Crippen LogP contribution in [-0.2, 0) is 24.3 Å². The molecule has 2 fully saturated rings. The first kappa shape index (κ1) is 21.8. The zero-order valence-corrected chi connectivity index (χ0v) is 17.6. The smallest absolute Gasteiger partial charge is 0.306 e. The first-order valence-electron chi connectivity index (χ1n) is 10.5. The third kappa shape index (κ3) is 6.27. The molecule has 3 rings (SSSR count). The highest BCUT2D eigenvalue weighted by Crippen LogP contribution is 2.28. The van der Waals surface area contributed by atoms with E-state index in [0.29, 0.717) is 31.1 Å². The molecule has 1 N–H and O–H groups in total. The minimum Gasteiger partial charge on any atom is -0.456 e. The van der Waals surface area contributed by atoms with Crippen LogP contribution in [0.15, 0.2) is 29.2 Å². The zero-order valence-electron chi connectivity index (χ0n) is 16.8. The van der Waals surface area contributed by atoms with Gasteiger partial charge in [0.1, 0.15) is 0 Å². The summed E-state index contributed by atoms with van der Waals surface area (Å²) in [6.07, 6.45) is 8.72. The van der Waals surface area contributed by atoms with Crippen LogP contribution in [0.5, 0.6) is 0 Å². The molecule has 0 radical (unpaired) electrons. The highest BCUT2D eigenvalue weighted by molar-refractivity contribution is 7.89. The molecule has 1 amide bonds. The number of rotatable bonds is 8. The summed E-state index contributed by atoms with van der Waals surface area (Å²) in [7, 11) is -3.56. The summed E-state index contributed by atoms with van der Waals surface area (Å²) < 4.78 is 32.1. The first-order chi connectivity index (χ1) is 13.9. The van der Waals surface area contributed by atoms with Gasteiger partial charge in [-0.1, -0.05) is 38.2 Å². The number of hydrogen-bond acceptors (Lipinski definition) is 5. The topological polar surface area (TPSA) is 92.8 Å². The average Bonchev–Trinajstić information content (AvgIpc) is 3.25. The van der Waals surface area contributed by atoms with Crippen LogP contribution in [0.4, 0.5) is 5.69 Å². The van der Waals surface area contributed by atoms with Crippen LogP contribution in [0.1, 0.15) is 57.8 Å². The largest absolute Gasteiger partial charge is 0.456 e. The molecule has 29 heavy (non-hydrogen) atoms. The van der Waals surface area contributed by atoms with E-state index in [-0.39, 0.29) is 17.5 Å². The van der Waals surface area contributed by atoms with Crippen molar-refractivity contribution in [2.75, 3.05) is 25.0 Å². The second kappa shape index (κ2) is 10.2. The summed E-state index contributed by atoms with van der Waals surface area (Å²) in [5.74, 6) is -0.249. The Morgan fingerprint density at radius 1 is 1.07 bits per heavy atom. The van der Waals surface area contributed by atoms with Crippen molar-refractivity contribution < 1.29 is 22.7 Å². The maximum Gasteiger partial charge on any atom is 0.306 e. The number of hydrogen-bond donors (Lipinski definition) is 1. The molecule has 0 bridgehead atoms. The highest BCUT2D eigenvalue weighted by Gasteiger charge is 2.26. The van der Waals surface area contributed by atoms with E-state index < -0.39 is 15.9 Å². The second-order valence-electron chi connectivity index (χ2n) is 7.89. The van der Waals surface area contributed by atoms with Crippen LogP contribution in [0.2, 0.25) is 0 Å². The molecule has 0 atom stereocenters. The van der Waals surface area contributed by atoms with Crippen molar-refractivity contribution in [3.63, 3.8) is 0 Å². The molecule has 1 aliphatic carbocycles. The van der Waals surface area contributed by atoms with Crippen LogP contribution in [-0.4, -0.2) is 44.3 Å². The van der Waals surface area contributed by atoms with Crippen LogP contribution in [0.3, 0.4) is 0 Å². The van der Waals surface area contributed by atoms with Crippen molar-refractivity contribution in [3.8, 4) is 0 Å². The van der Waals surface area contributed by atoms with Crippen molar-refractivity contribution in [3.05, 3.63) is 24.3 Å². The van der Waals surface area contributed by atoms with Gasteiger partial charge in [0.25, 0.3) is 5.91 Å². The fourth-order valence-corrected chi connectivity index (χ4v) is 5.59. The van der Waals surface area contributed by atoms with E-state index >= 15 is 0 Å². The highest BCUT2D eigenvalue weighted by atomic mass is 32.2. The monoisotopic (exact) mass is 422 g/mol. The summed E-state index contributed by atoms with van der Waals surface area (Å²) in [6, 6.07) is 6.20. The molecular weight excluding hydrogens is 392 g/mol.